The van der Waals surface area contributed by atoms with E-state index in [1.807, 2.05) is 4.90 Å². The molecule has 168 valence electrons. The van der Waals surface area contributed by atoms with Crippen LogP contribution in [0.5, 0.6) is 0 Å². The summed E-state index contributed by atoms with van der Waals surface area (Å²) in [5.41, 5.74) is 0. The molecule has 10 nitrogen and oxygen atoms in total. The predicted octanol–water partition coefficient (Wildman–Crippen LogP) is -0.558. The molecule has 0 aromatic carbocycles. The van der Waals surface area contributed by atoms with Crippen molar-refractivity contribution in [3.05, 3.63) is 0 Å². The summed E-state index contributed by atoms with van der Waals surface area (Å²) in [4.78, 5) is 14.0. The van der Waals surface area contributed by atoms with Crippen LogP contribution in [0.1, 0.15) is 6.92 Å². The molecule has 3 heterocycles. The van der Waals surface area contributed by atoms with Gasteiger partial charge in [0.25, 0.3) is 0 Å². The molecule has 0 amide bonds. The molecule has 0 N–H and O–H groups in total. The van der Waals surface area contributed by atoms with E-state index in [-0.39, 0.29) is 31.3 Å². The third-order valence-corrected chi connectivity index (χ3v) is 4.70. The van der Waals surface area contributed by atoms with Crippen molar-refractivity contribution in [2.75, 3.05) is 92.3 Å². The van der Waals surface area contributed by atoms with E-state index in [9.17, 15) is 4.79 Å². The maximum Gasteiger partial charge on any atom is 0.320 e. The third-order valence-electron chi connectivity index (χ3n) is 4.70. The molecule has 3 aliphatic rings. The number of nitrogens with zero attached hydrogens (tertiary/aromatic N) is 1. The Kier molecular flexibility index (Phi) is 9.53. The van der Waals surface area contributed by atoms with Gasteiger partial charge in [-0.3, -0.25) is 9.69 Å². The second-order valence-electron chi connectivity index (χ2n) is 7.25. The summed E-state index contributed by atoms with van der Waals surface area (Å²) in [6.45, 7) is 7.64. The number of carbonyl (C=O) groups excluding carboxylic acids is 1. The van der Waals surface area contributed by atoms with Gasteiger partial charge in [-0.15, -0.1) is 0 Å². The topological polar surface area (TPSA) is 94.2 Å². The Bertz CT molecular complexity index is 490. The van der Waals surface area contributed by atoms with Crippen molar-refractivity contribution in [1.29, 1.82) is 0 Å². The van der Waals surface area contributed by atoms with Crippen LogP contribution >= 0.6 is 0 Å². The van der Waals surface area contributed by atoms with Gasteiger partial charge in [0.1, 0.15) is 12.7 Å². The number of ether oxygens (including phenoxy) is 8. The summed E-state index contributed by atoms with van der Waals surface area (Å²) in [6, 6.07) is 0. The molecule has 0 unspecified atom stereocenters. The first-order valence-electron chi connectivity index (χ1n) is 10.3. The van der Waals surface area contributed by atoms with Crippen molar-refractivity contribution in [3.8, 4) is 0 Å². The molecule has 3 fully saturated rings. The van der Waals surface area contributed by atoms with Crippen molar-refractivity contribution in [2.24, 2.45) is 0 Å². The van der Waals surface area contributed by atoms with Gasteiger partial charge in [0.05, 0.1) is 85.3 Å². The first-order chi connectivity index (χ1) is 14.2. The molecule has 3 aliphatic heterocycles. The molecule has 0 aromatic heterocycles. The predicted molar refractivity (Wildman–Crippen MR) is 99.6 cm³/mol. The van der Waals surface area contributed by atoms with Gasteiger partial charge in [0, 0.05) is 6.54 Å². The minimum Gasteiger partial charge on any atom is -0.465 e. The second-order valence-corrected chi connectivity index (χ2v) is 7.25. The van der Waals surface area contributed by atoms with Crippen LogP contribution in [0.2, 0.25) is 0 Å². The number of morpholine rings is 1. The Morgan fingerprint density at radius 3 is 2.17 bits per heavy atom. The molecular formula is C19H33NO9. The zero-order chi connectivity index (χ0) is 20.4. The van der Waals surface area contributed by atoms with Gasteiger partial charge >= 0.3 is 5.97 Å². The summed E-state index contributed by atoms with van der Waals surface area (Å²) < 4.78 is 45.7. The molecule has 3 atom stereocenters. The first kappa shape index (κ1) is 22.8. The standard InChI is InChI=1S/C19H33NO9/c1-2-27-18(21)10-20-9-16-11-24-7-5-22-3-4-23-6-8-25-12-17-13-26-15-19(14-20,28-16)29-17/h16-17H,2-15H2,1H3/t16-,17-,19+/m1/s1. The van der Waals surface area contributed by atoms with E-state index in [2.05, 4.69) is 0 Å². The monoisotopic (exact) mass is 419 g/mol. The van der Waals surface area contributed by atoms with E-state index in [4.69, 9.17) is 37.9 Å². The Balaban J connectivity index is 1.64. The zero-order valence-electron chi connectivity index (χ0n) is 17.2. The zero-order valence-corrected chi connectivity index (χ0v) is 17.2. The van der Waals surface area contributed by atoms with Crippen molar-refractivity contribution in [3.63, 3.8) is 0 Å². The number of fused-ring (bicyclic) bond motifs is 2. The van der Waals surface area contributed by atoms with Crippen LogP contribution in [0, 0.1) is 0 Å². The summed E-state index contributed by atoms with van der Waals surface area (Å²) >= 11 is 0. The van der Waals surface area contributed by atoms with Crippen molar-refractivity contribution < 1.29 is 42.7 Å². The van der Waals surface area contributed by atoms with Gasteiger partial charge < -0.3 is 37.9 Å². The van der Waals surface area contributed by atoms with Gasteiger partial charge in [0.15, 0.2) is 0 Å². The van der Waals surface area contributed by atoms with Crippen molar-refractivity contribution in [1.82, 2.24) is 4.90 Å². The van der Waals surface area contributed by atoms with E-state index in [1.54, 1.807) is 6.92 Å². The molecule has 3 saturated heterocycles. The maximum absolute atomic E-state index is 12.0. The van der Waals surface area contributed by atoms with Crippen molar-refractivity contribution in [2.45, 2.75) is 24.9 Å². The third kappa shape index (κ3) is 7.72. The lowest BCUT2D eigenvalue weighted by Crippen LogP contribution is -2.64. The molecule has 0 aromatic rings. The van der Waals surface area contributed by atoms with Gasteiger partial charge in [-0.25, -0.2) is 0 Å². The minimum absolute atomic E-state index is 0.167. The molecule has 3 rings (SSSR count). The number of hydrogen-bond acceptors (Lipinski definition) is 10. The quantitative estimate of drug-likeness (QED) is 0.554. The Labute approximate surface area is 171 Å². The van der Waals surface area contributed by atoms with Crippen LogP contribution in [0.3, 0.4) is 0 Å². The number of hydrogen-bond donors (Lipinski definition) is 0. The van der Waals surface area contributed by atoms with Gasteiger partial charge in [0.2, 0.25) is 5.79 Å². The van der Waals surface area contributed by atoms with Gasteiger partial charge in [-0.1, -0.05) is 0 Å². The fourth-order valence-corrected chi connectivity index (χ4v) is 3.60. The molecule has 0 radical (unpaired) electrons. The van der Waals surface area contributed by atoms with Crippen LogP contribution in [0.15, 0.2) is 0 Å². The van der Waals surface area contributed by atoms with Gasteiger partial charge in [-0.05, 0) is 6.92 Å². The number of carbonyl (C=O) groups is 1. The summed E-state index contributed by atoms with van der Waals surface area (Å²) in [6.07, 6.45) is -0.521. The molecule has 29 heavy (non-hydrogen) atoms. The summed E-state index contributed by atoms with van der Waals surface area (Å²) in [5, 5.41) is 0. The highest BCUT2D eigenvalue weighted by atomic mass is 16.8. The van der Waals surface area contributed by atoms with E-state index in [0.717, 1.165) is 0 Å². The summed E-state index contributed by atoms with van der Waals surface area (Å²) in [5.74, 6) is -1.24. The average molecular weight is 419 g/mol. The average Bonchev–Trinajstić information content (AvgIpc) is 2.68. The maximum atomic E-state index is 12.0. The number of esters is 1. The normalized spacial score (nSPS) is 33.6. The molecule has 0 aliphatic carbocycles. The van der Waals surface area contributed by atoms with Gasteiger partial charge in [-0.2, -0.15) is 0 Å². The van der Waals surface area contributed by atoms with E-state index in [0.29, 0.717) is 79.2 Å². The largest absolute Gasteiger partial charge is 0.465 e. The minimum atomic E-state index is -0.966. The van der Waals surface area contributed by atoms with E-state index >= 15 is 0 Å². The smallest absolute Gasteiger partial charge is 0.320 e. The highest BCUT2D eigenvalue weighted by Gasteiger charge is 2.46. The van der Waals surface area contributed by atoms with Crippen LogP contribution in [0.25, 0.3) is 0 Å². The summed E-state index contributed by atoms with van der Waals surface area (Å²) in [7, 11) is 0. The SMILES string of the molecule is CCOC(=O)CN1C[C@@H]2COCCOCCOCCOC[C@@H]3COC[C@](C1)(O3)O2. The molecule has 10 heteroatoms. The van der Waals surface area contributed by atoms with Crippen LogP contribution in [0.4, 0.5) is 0 Å². The lowest BCUT2D eigenvalue weighted by molar-refractivity contribution is -0.358. The fraction of sp³-hybridized carbons (Fsp3) is 0.947. The Morgan fingerprint density at radius 1 is 0.897 bits per heavy atom. The molecule has 0 saturated carbocycles. The molecule has 3 bridgehead atoms. The lowest BCUT2D eigenvalue weighted by Gasteiger charge is -2.48. The highest BCUT2D eigenvalue weighted by Crippen LogP contribution is 2.29. The Hall–Kier alpha value is -0.850. The highest BCUT2D eigenvalue weighted by molar-refractivity contribution is 5.71. The van der Waals surface area contributed by atoms with Crippen LogP contribution in [-0.2, 0) is 42.7 Å². The molecule has 1 spiro atoms. The molecular weight excluding hydrogens is 386 g/mol. The number of rotatable bonds is 3. The van der Waals surface area contributed by atoms with E-state index < -0.39 is 5.79 Å². The van der Waals surface area contributed by atoms with E-state index in [1.165, 1.54) is 0 Å². The Morgan fingerprint density at radius 2 is 1.48 bits per heavy atom. The van der Waals surface area contributed by atoms with Crippen molar-refractivity contribution >= 4 is 5.97 Å². The van der Waals surface area contributed by atoms with Crippen LogP contribution < -0.4 is 0 Å². The first-order valence-corrected chi connectivity index (χ1v) is 10.3. The lowest BCUT2D eigenvalue weighted by atomic mass is 10.1. The van der Waals surface area contributed by atoms with Crippen LogP contribution in [-0.4, -0.2) is 121 Å². The fourth-order valence-electron chi connectivity index (χ4n) is 3.60. The second kappa shape index (κ2) is 12.1.